The number of hydrogen-bond donors (Lipinski definition) is 1. The lowest BCUT2D eigenvalue weighted by Gasteiger charge is -2.19. The Kier molecular flexibility index (Phi) is 4.60. The molecule has 2 heterocycles. The molecule has 0 fully saturated rings. The van der Waals surface area contributed by atoms with Gasteiger partial charge in [-0.3, -0.25) is 4.79 Å². The maximum atomic E-state index is 12.5. The van der Waals surface area contributed by atoms with Crippen LogP contribution in [0.2, 0.25) is 0 Å². The van der Waals surface area contributed by atoms with Crippen LogP contribution < -0.4 is 10.1 Å². The van der Waals surface area contributed by atoms with Gasteiger partial charge in [-0.15, -0.1) is 11.3 Å². The van der Waals surface area contributed by atoms with E-state index < -0.39 is 5.60 Å². The quantitative estimate of drug-likeness (QED) is 0.903. The van der Waals surface area contributed by atoms with Crippen LogP contribution in [0, 0.1) is 6.92 Å². The minimum Gasteiger partial charge on any atom is -0.493 e. The summed E-state index contributed by atoms with van der Waals surface area (Å²) in [7, 11) is 1.65. The van der Waals surface area contributed by atoms with Crippen LogP contribution in [-0.4, -0.2) is 31.2 Å². The van der Waals surface area contributed by atoms with Crippen molar-refractivity contribution in [2.75, 3.05) is 20.3 Å². The first-order valence-corrected chi connectivity index (χ1v) is 8.77. The summed E-state index contributed by atoms with van der Waals surface area (Å²) in [6.45, 7) is 6.90. The van der Waals surface area contributed by atoms with E-state index in [9.17, 15) is 4.79 Å². The molecular weight excluding hydrogens is 324 g/mol. The summed E-state index contributed by atoms with van der Waals surface area (Å²) >= 11 is 1.39. The van der Waals surface area contributed by atoms with Crippen molar-refractivity contribution in [1.82, 2.24) is 10.3 Å². The first kappa shape index (κ1) is 16.9. The molecule has 0 unspecified atom stereocenters. The fourth-order valence-electron chi connectivity index (χ4n) is 2.65. The maximum absolute atomic E-state index is 12.5. The van der Waals surface area contributed by atoms with Gasteiger partial charge in [-0.25, -0.2) is 4.98 Å². The summed E-state index contributed by atoms with van der Waals surface area (Å²) < 4.78 is 11.1. The van der Waals surface area contributed by atoms with E-state index in [4.69, 9.17) is 9.47 Å². The number of nitrogens with one attached hydrogen (secondary N) is 1. The third-order valence-corrected chi connectivity index (χ3v) is 5.80. The van der Waals surface area contributed by atoms with Crippen molar-refractivity contribution in [3.63, 3.8) is 0 Å². The predicted octanol–water partition coefficient (Wildman–Crippen LogP) is 3.24. The second-order valence-electron chi connectivity index (χ2n) is 6.40. The second-order valence-corrected chi connectivity index (χ2v) is 7.40. The number of rotatable bonds is 5. The molecule has 1 aliphatic heterocycles. The second kappa shape index (κ2) is 6.53. The Hall–Kier alpha value is -1.92. The smallest absolute Gasteiger partial charge is 0.263 e. The number of thiazole rings is 1. The van der Waals surface area contributed by atoms with Crippen molar-refractivity contribution in [1.29, 1.82) is 0 Å². The number of carbonyl (C=O) groups excluding carboxylic acids is 1. The van der Waals surface area contributed by atoms with Crippen LogP contribution in [-0.2, 0) is 10.3 Å². The topological polar surface area (TPSA) is 60.5 Å². The van der Waals surface area contributed by atoms with Gasteiger partial charge in [0.2, 0.25) is 0 Å². The minimum atomic E-state index is -0.494. The van der Waals surface area contributed by atoms with Crippen molar-refractivity contribution in [3.8, 4) is 5.75 Å². The summed E-state index contributed by atoms with van der Waals surface area (Å²) in [5.74, 6) is 1.01. The Bertz CT molecular complexity index is 754. The van der Waals surface area contributed by atoms with Crippen molar-refractivity contribution in [2.24, 2.45) is 0 Å². The van der Waals surface area contributed by atoms with Crippen LogP contribution in [0.3, 0.4) is 0 Å². The van der Waals surface area contributed by atoms with Gasteiger partial charge in [0.05, 0.1) is 12.3 Å². The zero-order chi connectivity index (χ0) is 17.3. The van der Waals surface area contributed by atoms with Crippen LogP contribution >= 0.6 is 11.3 Å². The molecule has 1 amide bonds. The van der Waals surface area contributed by atoms with E-state index >= 15 is 0 Å². The average Bonchev–Trinajstić information content (AvgIpc) is 3.17. The molecule has 6 heteroatoms. The first-order valence-electron chi connectivity index (χ1n) is 7.95. The number of aryl methyl sites for hydroxylation is 1. The minimum absolute atomic E-state index is 0.0902. The van der Waals surface area contributed by atoms with Gasteiger partial charge in [-0.2, -0.15) is 0 Å². The first-order chi connectivity index (χ1) is 11.4. The highest BCUT2D eigenvalue weighted by Gasteiger charge is 2.28. The third kappa shape index (κ3) is 3.16. The van der Waals surface area contributed by atoms with E-state index in [2.05, 4.69) is 16.4 Å². The molecule has 1 atom stereocenters. The van der Waals surface area contributed by atoms with E-state index in [1.807, 2.05) is 39.0 Å². The predicted molar refractivity (Wildman–Crippen MR) is 93.9 cm³/mol. The number of nitrogens with zero attached hydrogens (tertiary/aromatic N) is 1. The highest BCUT2D eigenvalue weighted by Crippen LogP contribution is 2.33. The lowest BCUT2D eigenvalue weighted by Crippen LogP contribution is -2.28. The van der Waals surface area contributed by atoms with E-state index in [1.54, 1.807) is 7.11 Å². The van der Waals surface area contributed by atoms with Crippen molar-refractivity contribution >= 4 is 17.2 Å². The number of hydrogen-bond acceptors (Lipinski definition) is 5. The van der Waals surface area contributed by atoms with Gasteiger partial charge in [0, 0.05) is 25.1 Å². The molecule has 1 aliphatic rings. The molecule has 1 aromatic carbocycles. The zero-order valence-corrected chi connectivity index (χ0v) is 15.2. The molecular formula is C18H22N2O3S. The fourth-order valence-corrected chi connectivity index (χ4v) is 3.71. The van der Waals surface area contributed by atoms with Crippen molar-refractivity contribution in [3.05, 3.63) is 45.4 Å². The van der Waals surface area contributed by atoms with Gasteiger partial charge in [0.1, 0.15) is 21.2 Å². The van der Waals surface area contributed by atoms with Crippen molar-refractivity contribution in [2.45, 2.75) is 32.3 Å². The van der Waals surface area contributed by atoms with Crippen LogP contribution in [0.25, 0.3) is 0 Å². The van der Waals surface area contributed by atoms with Gasteiger partial charge in [-0.05, 0) is 26.8 Å². The van der Waals surface area contributed by atoms with Gasteiger partial charge >= 0.3 is 0 Å². The molecule has 3 rings (SSSR count). The van der Waals surface area contributed by atoms with E-state index in [1.165, 1.54) is 11.3 Å². The summed E-state index contributed by atoms with van der Waals surface area (Å²) in [6, 6.07) is 7.97. The zero-order valence-electron chi connectivity index (χ0n) is 14.4. The Morgan fingerprint density at radius 2 is 2.21 bits per heavy atom. The van der Waals surface area contributed by atoms with Crippen LogP contribution in [0.5, 0.6) is 5.75 Å². The molecule has 1 aromatic heterocycles. The third-order valence-electron chi connectivity index (χ3n) is 4.34. The summed E-state index contributed by atoms with van der Waals surface area (Å²) in [5, 5.41) is 3.82. The van der Waals surface area contributed by atoms with Crippen LogP contribution in [0.4, 0.5) is 0 Å². The maximum Gasteiger partial charge on any atom is 0.263 e. The number of methoxy groups -OCH3 is 1. The number of benzene rings is 1. The molecule has 128 valence electrons. The number of para-hydroxylation sites is 1. The SMILES string of the molecule is COC(C)(C)c1nc(C)c(C(=O)NC[C@H]2COc3ccccc32)s1. The van der Waals surface area contributed by atoms with Gasteiger partial charge in [-0.1, -0.05) is 18.2 Å². The molecule has 0 saturated heterocycles. The lowest BCUT2D eigenvalue weighted by atomic mass is 10.0. The molecule has 2 aromatic rings. The normalized spacial score (nSPS) is 16.6. The molecule has 24 heavy (non-hydrogen) atoms. The largest absolute Gasteiger partial charge is 0.493 e. The molecule has 0 radical (unpaired) electrons. The number of aromatic nitrogens is 1. The highest BCUT2D eigenvalue weighted by atomic mass is 32.1. The Morgan fingerprint density at radius 1 is 1.46 bits per heavy atom. The monoisotopic (exact) mass is 346 g/mol. The molecule has 1 N–H and O–H groups in total. The van der Waals surface area contributed by atoms with Gasteiger partial charge in [0.15, 0.2) is 0 Å². The number of fused-ring (bicyclic) bond motifs is 1. The average molecular weight is 346 g/mol. The number of ether oxygens (including phenoxy) is 2. The molecule has 0 aliphatic carbocycles. The molecule has 5 nitrogen and oxygen atoms in total. The Labute approximate surface area is 146 Å². The van der Waals surface area contributed by atoms with Crippen molar-refractivity contribution < 1.29 is 14.3 Å². The van der Waals surface area contributed by atoms with E-state index in [0.29, 0.717) is 18.0 Å². The molecule has 0 saturated carbocycles. The van der Waals surface area contributed by atoms with Gasteiger partial charge < -0.3 is 14.8 Å². The van der Waals surface area contributed by atoms with Gasteiger partial charge in [0.25, 0.3) is 5.91 Å². The lowest BCUT2D eigenvalue weighted by molar-refractivity contribution is 0.0189. The molecule has 0 spiro atoms. The summed E-state index contributed by atoms with van der Waals surface area (Å²) in [6.07, 6.45) is 0. The molecule has 0 bridgehead atoms. The standard InChI is InChI=1S/C18H22N2O3S/c1-11-15(24-17(20-11)18(2,3)22-4)16(21)19-9-12-10-23-14-8-6-5-7-13(12)14/h5-8,12H,9-10H2,1-4H3,(H,19,21)/t12-/m0/s1. The Balaban J connectivity index is 1.68. The fraction of sp³-hybridized carbons (Fsp3) is 0.444. The van der Waals surface area contributed by atoms with E-state index in [-0.39, 0.29) is 11.8 Å². The Morgan fingerprint density at radius 3 is 2.96 bits per heavy atom. The van der Waals surface area contributed by atoms with Crippen LogP contribution in [0.1, 0.15) is 45.7 Å². The number of amides is 1. The van der Waals surface area contributed by atoms with E-state index in [0.717, 1.165) is 22.0 Å². The number of carbonyl (C=O) groups is 1. The highest BCUT2D eigenvalue weighted by molar-refractivity contribution is 7.14. The van der Waals surface area contributed by atoms with Crippen LogP contribution in [0.15, 0.2) is 24.3 Å². The summed E-state index contributed by atoms with van der Waals surface area (Å²) in [4.78, 5) is 17.7. The summed E-state index contributed by atoms with van der Waals surface area (Å²) in [5.41, 5.74) is 1.40.